The third kappa shape index (κ3) is 4.66. The van der Waals surface area contributed by atoms with Crippen molar-refractivity contribution in [3.63, 3.8) is 0 Å². The molecule has 8 nitrogen and oxygen atoms in total. The third-order valence-corrected chi connectivity index (χ3v) is 6.03. The fourth-order valence-electron chi connectivity index (χ4n) is 3.77. The predicted molar refractivity (Wildman–Crippen MR) is 122 cm³/mol. The van der Waals surface area contributed by atoms with Gasteiger partial charge < -0.3 is 14.5 Å². The molecule has 1 N–H and O–H groups in total. The molecule has 1 amide bonds. The van der Waals surface area contributed by atoms with Gasteiger partial charge in [0.15, 0.2) is 5.82 Å². The van der Waals surface area contributed by atoms with Crippen LogP contribution in [-0.4, -0.2) is 41.4 Å². The number of aryl methyl sites for hydroxylation is 1. The van der Waals surface area contributed by atoms with E-state index in [2.05, 4.69) is 25.5 Å². The van der Waals surface area contributed by atoms with Gasteiger partial charge in [-0.1, -0.05) is 12.1 Å². The Labute approximate surface area is 198 Å². The highest BCUT2D eigenvalue weighted by atomic mass is 19.4. The van der Waals surface area contributed by atoms with E-state index in [1.54, 1.807) is 30.6 Å². The van der Waals surface area contributed by atoms with Gasteiger partial charge in [-0.25, -0.2) is 9.97 Å². The summed E-state index contributed by atoms with van der Waals surface area (Å²) in [5, 5.41) is 10.1. The van der Waals surface area contributed by atoms with Crippen molar-refractivity contribution in [1.29, 1.82) is 0 Å². The van der Waals surface area contributed by atoms with E-state index in [4.69, 9.17) is 0 Å². The normalized spacial score (nSPS) is 14.7. The Bertz CT molecular complexity index is 1390. The third-order valence-electron chi connectivity index (χ3n) is 6.03. The largest absolute Gasteiger partial charge is 0.408 e. The summed E-state index contributed by atoms with van der Waals surface area (Å²) in [5.41, 5.74) is 3.45. The fourth-order valence-corrected chi connectivity index (χ4v) is 3.77. The molecule has 1 fully saturated rings. The van der Waals surface area contributed by atoms with E-state index >= 15 is 0 Å². The van der Waals surface area contributed by atoms with Gasteiger partial charge in [0, 0.05) is 17.7 Å². The van der Waals surface area contributed by atoms with Crippen LogP contribution in [0.2, 0.25) is 0 Å². The Hall–Kier alpha value is -4.02. The molecule has 3 aromatic heterocycles. The molecule has 5 rings (SSSR count). The molecule has 1 saturated carbocycles. The van der Waals surface area contributed by atoms with Crippen LogP contribution in [0.15, 0.2) is 55.2 Å². The highest BCUT2D eigenvalue weighted by Gasteiger charge is 2.38. The molecule has 0 bridgehead atoms. The van der Waals surface area contributed by atoms with Gasteiger partial charge >= 0.3 is 6.18 Å². The number of amides is 1. The molecule has 0 saturated heterocycles. The van der Waals surface area contributed by atoms with Crippen LogP contribution in [0.3, 0.4) is 0 Å². The van der Waals surface area contributed by atoms with Gasteiger partial charge in [0.25, 0.3) is 5.91 Å². The van der Waals surface area contributed by atoms with Gasteiger partial charge in [-0.05, 0) is 56.5 Å². The number of hydrogen-bond donors (Lipinski definition) is 1. The lowest BCUT2D eigenvalue weighted by Gasteiger charge is -2.18. The second-order valence-corrected chi connectivity index (χ2v) is 8.62. The van der Waals surface area contributed by atoms with Crippen molar-refractivity contribution < 1.29 is 18.0 Å². The first kappa shape index (κ1) is 22.8. The molecule has 0 aliphatic heterocycles. The van der Waals surface area contributed by atoms with Gasteiger partial charge in [0.2, 0.25) is 0 Å². The number of carbonyl (C=O) groups is 1. The number of nitrogens with zero attached hydrogens (tertiary/aromatic N) is 6. The number of nitrogens with one attached hydrogen (secondary N) is 1. The maximum Gasteiger partial charge on any atom is 0.408 e. The molecule has 0 radical (unpaired) electrons. The summed E-state index contributed by atoms with van der Waals surface area (Å²) in [5.74, 6) is 0.257. The topological polar surface area (TPSA) is 90.5 Å². The number of halogens is 3. The Morgan fingerprint density at radius 3 is 2.71 bits per heavy atom. The number of rotatable bonds is 6. The summed E-state index contributed by atoms with van der Waals surface area (Å²) >= 11 is 0. The van der Waals surface area contributed by atoms with E-state index in [0.717, 1.165) is 47.6 Å². The van der Waals surface area contributed by atoms with E-state index in [-0.39, 0.29) is 17.3 Å². The van der Waals surface area contributed by atoms with Crippen molar-refractivity contribution in [1.82, 2.24) is 29.3 Å². The van der Waals surface area contributed by atoms with Gasteiger partial charge in [0.05, 0.1) is 17.7 Å². The van der Waals surface area contributed by atoms with Crippen molar-refractivity contribution in [3.8, 4) is 17.2 Å². The van der Waals surface area contributed by atoms with Crippen LogP contribution in [0.1, 0.15) is 53.3 Å². The first-order valence-corrected chi connectivity index (χ1v) is 11.1. The van der Waals surface area contributed by atoms with Gasteiger partial charge in [-0.15, -0.1) is 10.2 Å². The number of pyridine rings is 1. The van der Waals surface area contributed by atoms with Crippen LogP contribution < -0.4 is 5.32 Å². The molecular weight excluding hydrogens is 459 g/mol. The Morgan fingerprint density at radius 1 is 1.17 bits per heavy atom. The fraction of sp³-hybridized carbons (Fsp3) is 0.292. The summed E-state index contributed by atoms with van der Waals surface area (Å²) < 4.78 is 42.5. The predicted octanol–water partition coefficient (Wildman–Crippen LogP) is 5.09. The molecule has 180 valence electrons. The zero-order chi connectivity index (χ0) is 24.7. The standard InChI is InChI=1S/C24H22F3N7O/c1-14-6-7-17(10-20(14)33-11-19(28-12-33)16-8-9-16)23(35)31-21-5-3-4-18(30-21)22-32-29-13-34(22)15(2)24(25,26)27/h3-7,10-13,15-16H,8-9H2,1-2H3,(H,30,31,35). The van der Waals surface area contributed by atoms with Crippen molar-refractivity contribution in [3.05, 3.63) is 72.1 Å². The summed E-state index contributed by atoms with van der Waals surface area (Å²) in [4.78, 5) is 21.8. The monoisotopic (exact) mass is 481 g/mol. The van der Waals surface area contributed by atoms with Crippen LogP contribution in [0.4, 0.5) is 19.0 Å². The SMILES string of the molecule is Cc1ccc(C(=O)Nc2cccc(-c3nncn3C(C)C(F)(F)F)n2)cc1-n1cnc(C2CC2)c1. The van der Waals surface area contributed by atoms with Crippen LogP contribution in [0.5, 0.6) is 0 Å². The van der Waals surface area contributed by atoms with E-state index in [0.29, 0.717) is 11.5 Å². The lowest BCUT2D eigenvalue weighted by molar-refractivity contribution is -0.162. The smallest absolute Gasteiger partial charge is 0.307 e. The molecule has 1 aliphatic carbocycles. The quantitative estimate of drug-likeness (QED) is 0.414. The minimum atomic E-state index is -4.47. The van der Waals surface area contributed by atoms with Gasteiger partial charge in [0.1, 0.15) is 23.9 Å². The molecule has 11 heteroatoms. The average Bonchev–Trinajstić information content (AvgIpc) is 3.35. The molecule has 1 aliphatic rings. The van der Waals surface area contributed by atoms with Crippen molar-refractivity contribution in [2.75, 3.05) is 5.32 Å². The number of imidazole rings is 1. The summed E-state index contributed by atoms with van der Waals surface area (Å²) in [6.07, 6.45) is 2.58. The maximum atomic E-state index is 13.2. The van der Waals surface area contributed by atoms with E-state index in [1.165, 1.54) is 6.07 Å². The van der Waals surface area contributed by atoms with Gasteiger partial charge in [-0.2, -0.15) is 13.2 Å². The minimum absolute atomic E-state index is 0.0462. The second-order valence-electron chi connectivity index (χ2n) is 8.62. The van der Waals surface area contributed by atoms with E-state index in [1.807, 2.05) is 23.8 Å². The van der Waals surface area contributed by atoms with E-state index in [9.17, 15) is 18.0 Å². The first-order valence-electron chi connectivity index (χ1n) is 11.1. The zero-order valence-electron chi connectivity index (χ0n) is 19.0. The van der Waals surface area contributed by atoms with Crippen molar-refractivity contribution >= 4 is 11.7 Å². The zero-order valence-corrected chi connectivity index (χ0v) is 19.0. The number of carbonyl (C=O) groups excluding carboxylic acids is 1. The molecule has 35 heavy (non-hydrogen) atoms. The number of benzene rings is 1. The van der Waals surface area contributed by atoms with Crippen LogP contribution >= 0.6 is 0 Å². The molecular formula is C24H22F3N7O. The lowest BCUT2D eigenvalue weighted by atomic mass is 10.1. The van der Waals surface area contributed by atoms with Crippen molar-refractivity contribution in [2.45, 2.75) is 44.8 Å². The van der Waals surface area contributed by atoms with E-state index < -0.39 is 18.1 Å². The van der Waals surface area contributed by atoms with Crippen LogP contribution in [-0.2, 0) is 0 Å². The number of aromatic nitrogens is 6. The van der Waals surface area contributed by atoms with Gasteiger partial charge in [-0.3, -0.25) is 4.79 Å². The second kappa shape index (κ2) is 8.64. The number of anilines is 1. The maximum absolute atomic E-state index is 13.2. The highest BCUT2D eigenvalue weighted by Crippen LogP contribution is 2.39. The molecule has 3 heterocycles. The molecule has 1 unspecified atom stereocenters. The lowest BCUT2D eigenvalue weighted by Crippen LogP contribution is -2.24. The average molecular weight is 481 g/mol. The highest BCUT2D eigenvalue weighted by molar-refractivity contribution is 6.04. The molecule has 1 atom stereocenters. The molecule has 0 spiro atoms. The summed E-state index contributed by atoms with van der Waals surface area (Å²) in [6.45, 7) is 2.97. The molecule has 4 aromatic rings. The van der Waals surface area contributed by atoms with Crippen molar-refractivity contribution in [2.24, 2.45) is 0 Å². The summed E-state index contributed by atoms with van der Waals surface area (Å²) in [6, 6.07) is 8.16. The summed E-state index contributed by atoms with van der Waals surface area (Å²) in [7, 11) is 0. The Balaban J connectivity index is 1.38. The number of alkyl halides is 3. The van der Waals surface area contributed by atoms with Crippen LogP contribution in [0.25, 0.3) is 17.2 Å². The Kier molecular flexibility index (Phi) is 5.62. The number of hydrogen-bond acceptors (Lipinski definition) is 5. The Morgan fingerprint density at radius 2 is 1.97 bits per heavy atom. The molecule has 1 aromatic carbocycles. The first-order chi connectivity index (χ1) is 16.7. The van der Waals surface area contributed by atoms with Crippen LogP contribution in [0, 0.1) is 6.92 Å². The minimum Gasteiger partial charge on any atom is -0.307 e.